The number of carbonyl (C=O) groups excluding carboxylic acids is 1. The second-order valence-electron chi connectivity index (χ2n) is 5.46. The molecule has 1 aliphatic heterocycles. The molecule has 1 aromatic heterocycles. The zero-order chi connectivity index (χ0) is 15.4. The molecule has 0 saturated carbocycles. The first-order valence-corrected chi connectivity index (χ1v) is 8.83. The van der Waals surface area contributed by atoms with Crippen LogP contribution in [0.5, 0.6) is 0 Å². The molecule has 3 rings (SSSR count). The van der Waals surface area contributed by atoms with Crippen molar-refractivity contribution >= 4 is 41.3 Å². The van der Waals surface area contributed by atoms with E-state index in [4.69, 9.17) is 11.6 Å². The Kier molecular flexibility index (Phi) is 6.90. The van der Waals surface area contributed by atoms with Gasteiger partial charge in [-0.25, -0.2) is 0 Å². The fraction of sp³-hybridized carbons (Fsp3) is 0.353. The Labute approximate surface area is 152 Å². The first kappa shape index (κ1) is 18.3. The van der Waals surface area contributed by atoms with Gasteiger partial charge in [0.15, 0.2) is 0 Å². The molecule has 2 heterocycles. The Morgan fingerprint density at radius 2 is 2.17 bits per heavy atom. The Morgan fingerprint density at radius 1 is 1.35 bits per heavy atom. The highest BCUT2D eigenvalue weighted by Crippen LogP contribution is 2.29. The molecule has 3 nitrogen and oxygen atoms in total. The average molecular weight is 371 g/mol. The number of halogens is 2. The highest BCUT2D eigenvalue weighted by atomic mass is 35.5. The predicted molar refractivity (Wildman–Crippen MR) is 98.7 cm³/mol. The third kappa shape index (κ3) is 4.48. The second kappa shape index (κ2) is 8.69. The van der Waals surface area contributed by atoms with Gasteiger partial charge in [0.2, 0.25) is 5.91 Å². The van der Waals surface area contributed by atoms with Crippen molar-refractivity contribution in [2.24, 2.45) is 0 Å². The summed E-state index contributed by atoms with van der Waals surface area (Å²) in [6.07, 6.45) is 1.36. The highest BCUT2D eigenvalue weighted by molar-refractivity contribution is 7.07. The molecule has 6 heteroatoms. The van der Waals surface area contributed by atoms with Gasteiger partial charge in [-0.05, 0) is 40.4 Å². The monoisotopic (exact) mass is 370 g/mol. The van der Waals surface area contributed by atoms with Crippen LogP contribution in [0, 0.1) is 0 Å². The topological polar surface area (TPSA) is 32.3 Å². The molecule has 1 amide bonds. The van der Waals surface area contributed by atoms with Crippen molar-refractivity contribution in [3.63, 3.8) is 0 Å². The minimum absolute atomic E-state index is 0. The largest absolute Gasteiger partial charge is 0.333 e. The summed E-state index contributed by atoms with van der Waals surface area (Å²) in [4.78, 5) is 14.6. The third-order valence-corrected chi connectivity index (χ3v) is 5.11. The molecular formula is C17H20Cl2N2OS. The Bertz CT molecular complexity index is 633. The van der Waals surface area contributed by atoms with Gasteiger partial charge in [-0.2, -0.15) is 11.3 Å². The van der Waals surface area contributed by atoms with E-state index >= 15 is 0 Å². The summed E-state index contributed by atoms with van der Waals surface area (Å²) in [5.41, 5.74) is 2.27. The summed E-state index contributed by atoms with van der Waals surface area (Å²) < 4.78 is 0. The number of hydrogen-bond acceptors (Lipinski definition) is 3. The molecule has 1 aromatic carbocycles. The number of hydrogen-bond donors (Lipinski definition) is 1. The number of thiophene rings is 1. The molecule has 0 aliphatic carbocycles. The van der Waals surface area contributed by atoms with Crippen molar-refractivity contribution in [2.45, 2.75) is 18.9 Å². The Morgan fingerprint density at radius 3 is 2.91 bits per heavy atom. The zero-order valence-electron chi connectivity index (χ0n) is 12.7. The van der Waals surface area contributed by atoms with Crippen molar-refractivity contribution in [3.8, 4) is 0 Å². The van der Waals surface area contributed by atoms with Crippen LogP contribution in [0.4, 0.5) is 0 Å². The number of nitrogens with zero attached hydrogens (tertiary/aromatic N) is 1. The van der Waals surface area contributed by atoms with Gasteiger partial charge in [0.1, 0.15) is 0 Å². The van der Waals surface area contributed by atoms with E-state index in [-0.39, 0.29) is 24.4 Å². The van der Waals surface area contributed by atoms with E-state index < -0.39 is 0 Å². The quantitative estimate of drug-likeness (QED) is 0.883. The number of benzene rings is 1. The van der Waals surface area contributed by atoms with E-state index in [1.807, 2.05) is 29.2 Å². The predicted octanol–water partition coefficient (Wildman–Crippen LogP) is 3.93. The van der Waals surface area contributed by atoms with Crippen LogP contribution in [-0.4, -0.2) is 30.4 Å². The molecule has 1 N–H and O–H groups in total. The third-order valence-electron chi connectivity index (χ3n) is 4.04. The SMILES string of the molecule is Cl.O=C(CCc1ccsc1)N1CCNCC1c1ccccc1Cl. The maximum Gasteiger partial charge on any atom is 0.223 e. The van der Waals surface area contributed by atoms with Crippen molar-refractivity contribution in [1.82, 2.24) is 10.2 Å². The number of rotatable bonds is 4. The van der Waals surface area contributed by atoms with Crippen LogP contribution < -0.4 is 5.32 Å². The van der Waals surface area contributed by atoms with E-state index in [2.05, 4.69) is 22.1 Å². The lowest BCUT2D eigenvalue weighted by Gasteiger charge is -2.37. The first-order valence-electron chi connectivity index (χ1n) is 7.51. The van der Waals surface area contributed by atoms with Crippen LogP contribution in [0.15, 0.2) is 41.1 Å². The van der Waals surface area contributed by atoms with E-state index in [0.717, 1.165) is 36.6 Å². The fourth-order valence-corrected chi connectivity index (χ4v) is 3.82. The standard InChI is InChI=1S/C17H19ClN2OS.ClH/c18-15-4-2-1-3-14(15)16-11-19-8-9-20(16)17(21)6-5-13-7-10-22-12-13;/h1-4,7,10,12,16,19H,5-6,8-9,11H2;1H. The molecule has 0 bridgehead atoms. The van der Waals surface area contributed by atoms with Crippen LogP contribution in [0.3, 0.4) is 0 Å². The van der Waals surface area contributed by atoms with Gasteiger partial charge in [-0.3, -0.25) is 4.79 Å². The van der Waals surface area contributed by atoms with Crippen LogP contribution in [0.25, 0.3) is 0 Å². The summed E-state index contributed by atoms with van der Waals surface area (Å²) in [7, 11) is 0. The molecule has 1 saturated heterocycles. The van der Waals surface area contributed by atoms with Crippen molar-refractivity contribution < 1.29 is 4.79 Å². The fourth-order valence-electron chi connectivity index (χ4n) is 2.86. The van der Waals surface area contributed by atoms with Crippen LogP contribution in [-0.2, 0) is 11.2 Å². The summed E-state index contributed by atoms with van der Waals surface area (Å²) in [6.45, 7) is 2.33. The molecule has 1 atom stereocenters. The summed E-state index contributed by atoms with van der Waals surface area (Å²) in [5.74, 6) is 0.206. The zero-order valence-corrected chi connectivity index (χ0v) is 15.1. The normalized spacial score (nSPS) is 17.6. The minimum atomic E-state index is 0. The van der Waals surface area contributed by atoms with Crippen LogP contribution in [0.2, 0.25) is 5.02 Å². The molecule has 23 heavy (non-hydrogen) atoms. The molecule has 1 unspecified atom stereocenters. The molecule has 0 radical (unpaired) electrons. The smallest absolute Gasteiger partial charge is 0.223 e. The highest BCUT2D eigenvalue weighted by Gasteiger charge is 2.28. The summed E-state index contributed by atoms with van der Waals surface area (Å²) in [6, 6.07) is 9.91. The molecule has 1 fully saturated rings. The van der Waals surface area contributed by atoms with Crippen molar-refractivity contribution in [1.29, 1.82) is 0 Å². The lowest BCUT2D eigenvalue weighted by atomic mass is 10.0. The van der Waals surface area contributed by atoms with Crippen molar-refractivity contribution in [3.05, 3.63) is 57.2 Å². The van der Waals surface area contributed by atoms with Gasteiger partial charge in [0.05, 0.1) is 6.04 Å². The van der Waals surface area contributed by atoms with E-state index in [0.29, 0.717) is 6.42 Å². The average Bonchev–Trinajstić information content (AvgIpc) is 3.06. The lowest BCUT2D eigenvalue weighted by Crippen LogP contribution is -2.48. The molecule has 2 aromatic rings. The first-order chi connectivity index (χ1) is 10.8. The molecular weight excluding hydrogens is 351 g/mol. The van der Waals surface area contributed by atoms with Crippen molar-refractivity contribution in [2.75, 3.05) is 19.6 Å². The number of aryl methyl sites for hydroxylation is 1. The Hall–Kier alpha value is -1.07. The van der Waals surface area contributed by atoms with E-state index in [1.54, 1.807) is 11.3 Å². The number of carbonyl (C=O) groups is 1. The maximum absolute atomic E-state index is 12.6. The molecule has 1 aliphatic rings. The number of nitrogens with one attached hydrogen (secondary N) is 1. The van der Waals surface area contributed by atoms with E-state index in [9.17, 15) is 4.79 Å². The van der Waals surface area contributed by atoms with E-state index in [1.165, 1.54) is 5.56 Å². The Balaban J connectivity index is 0.00000192. The summed E-state index contributed by atoms with van der Waals surface area (Å²) >= 11 is 8.00. The van der Waals surface area contributed by atoms with Gasteiger partial charge < -0.3 is 10.2 Å². The number of amides is 1. The van der Waals surface area contributed by atoms with Crippen LogP contribution in [0.1, 0.15) is 23.6 Å². The van der Waals surface area contributed by atoms with Gasteiger partial charge in [0.25, 0.3) is 0 Å². The van der Waals surface area contributed by atoms with Crippen LogP contribution >= 0.6 is 35.3 Å². The molecule has 0 spiro atoms. The van der Waals surface area contributed by atoms with Gasteiger partial charge in [-0.15, -0.1) is 12.4 Å². The minimum Gasteiger partial charge on any atom is -0.333 e. The van der Waals surface area contributed by atoms with Gasteiger partial charge in [-0.1, -0.05) is 29.8 Å². The number of piperazine rings is 1. The molecule has 124 valence electrons. The second-order valence-corrected chi connectivity index (χ2v) is 6.65. The van der Waals surface area contributed by atoms with Gasteiger partial charge in [0, 0.05) is 31.1 Å². The maximum atomic E-state index is 12.6. The van der Waals surface area contributed by atoms with Gasteiger partial charge >= 0.3 is 0 Å². The lowest BCUT2D eigenvalue weighted by molar-refractivity contribution is -0.134. The summed E-state index contributed by atoms with van der Waals surface area (Å²) in [5, 5.41) is 8.25.